The molecule has 20 heavy (non-hydrogen) atoms. The standard InChI is InChI=1S/C15H19NO4/c1-15(2,10-16)7-4-8-20-13-9-11(19-3)5-6-12(13)14(17)18/h5-6,9H,4,7-8H2,1-3H3,(H,17,18). The summed E-state index contributed by atoms with van der Waals surface area (Å²) in [7, 11) is 1.51. The Kier molecular flexibility index (Phi) is 5.39. The molecule has 0 bridgehead atoms. The molecule has 0 atom stereocenters. The third kappa shape index (κ3) is 4.47. The van der Waals surface area contributed by atoms with E-state index in [2.05, 4.69) is 6.07 Å². The van der Waals surface area contributed by atoms with Crippen molar-refractivity contribution in [2.75, 3.05) is 13.7 Å². The number of nitriles is 1. The smallest absolute Gasteiger partial charge is 0.339 e. The number of carboxylic acids is 1. The lowest BCUT2D eigenvalue weighted by Gasteiger charge is -2.15. The molecule has 0 amide bonds. The van der Waals surface area contributed by atoms with Crippen molar-refractivity contribution in [3.63, 3.8) is 0 Å². The van der Waals surface area contributed by atoms with Gasteiger partial charge in [0, 0.05) is 6.07 Å². The molecule has 0 aliphatic carbocycles. The monoisotopic (exact) mass is 277 g/mol. The molecule has 0 aliphatic rings. The molecule has 1 N–H and O–H groups in total. The Morgan fingerprint density at radius 2 is 2.15 bits per heavy atom. The predicted molar refractivity (Wildman–Crippen MR) is 74.1 cm³/mol. The van der Waals surface area contributed by atoms with Gasteiger partial charge in [-0.2, -0.15) is 5.26 Å². The molecule has 1 aromatic carbocycles. The molecule has 0 saturated carbocycles. The molecule has 0 saturated heterocycles. The second-order valence-corrected chi connectivity index (χ2v) is 5.11. The number of aromatic carboxylic acids is 1. The molecule has 0 spiro atoms. The van der Waals surface area contributed by atoms with Crippen LogP contribution >= 0.6 is 0 Å². The second-order valence-electron chi connectivity index (χ2n) is 5.11. The van der Waals surface area contributed by atoms with Crippen LogP contribution in [0.15, 0.2) is 18.2 Å². The van der Waals surface area contributed by atoms with Crippen molar-refractivity contribution >= 4 is 5.97 Å². The van der Waals surface area contributed by atoms with Crippen molar-refractivity contribution in [3.05, 3.63) is 23.8 Å². The maximum atomic E-state index is 11.1. The number of ether oxygens (including phenoxy) is 2. The maximum absolute atomic E-state index is 11.1. The first-order valence-electron chi connectivity index (χ1n) is 6.35. The highest BCUT2D eigenvalue weighted by atomic mass is 16.5. The van der Waals surface area contributed by atoms with Crippen molar-refractivity contribution in [3.8, 4) is 17.6 Å². The van der Waals surface area contributed by atoms with Crippen LogP contribution in [0.25, 0.3) is 0 Å². The molecular formula is C15H19NO4. The SMILES string of the molecule is COc1ccc(C(=O)O)c(OCCCC(C)(C)C#N)c1. The van der Waals surface area contributed by atoms with E-state index in [4.69, 9.17) is 19.8 Å². The molecule has 0 heterocycles. The van der Waals surface area contributed by atoms with Crippen LogP contribution in [-0.2, 0) is 0 Å². The van der Waals surface area contributed by atoms with Gasteiger partial charge in [-0.25, -0.2) is 4.79 Å². The average Bonchev–Trinajstić information content (AvgIpc) is 2.43. The lowest BCUT2D eigenvalue weighted by Crippen LogP contribution is -2.11. The fourth-order valence-corrected chi connectivity index (χ4v) is 1.68. The van der Waals surface area contributed by atoms with Gasteiger partial charge in [-0.05, 0) is 38.8 Å². The highest BCUT2D eigenvalue weighted by Gasteiger charge is 2.17. The van der Waals surface area contributed by atoms with E-state index in [9.17, 15) is 4.79 Å². The van der Waals surface area contributed by atoms with Crippen molar-refractivity contribution < 1.29 is 19.4 Å². The Hall–Kier alpha value is -2.22. The zero-order valence-corrected chi connectivity index (χ0v) is 12.0. The minimum Gasteiger partial charge on any atom is -0.497 e. The summed E-state index contributed by atoms with van der Waals surface area (Å²) in [6.07, 6.45) is 1.37. The molecule has 1 aromatic rings. The number of rotatable bonds is 7. The van der Waals surface area contributed by atoms with Crippen LogP contribution in [0, 0.1) is 16.7 Å². The minimum absolute atomic E-state index is 0.102. The topological polar surface area (TPSA) is 79.6 Å². The first kappa shape index (κ1) is 15.8. The molecule has 5 nitrogen and oxygen atoms in total. The van der Waals surface area contributed by atoms with Gasteiger partial charge in [-0.3, -0.25) is 0 Å². The number of benzene rings is 1. The highest BCUT2D eigenvalue weighted by molar-refractivity contribution is 5.91. The largest absolute Gasteiger partial charge is 0.497 e. The van der Waals surface area contributed by atoms with Gasteiger partial charge in [-0.15, -0.1) is 0 Å². The Balaban J connectivity index is 2.67. The molecule has 0 fully saturated rings. The zero-order chi connectivity index (χ0) is 15.2. The Labute approximate surface area is 118 Å². The molecule has 1 rings (SSSR count). The second kappa shape index (κ2) is 6.80. The number of methoxy groups -OCH3 is 1. The van der Waals surface area contributed by atoms with Gasteiger partial charge in [0.1, 0.15) is 17.1 Å². The van der Waals surface area contributed by atoms with Gasteiger partial charge < -0.3 is 14.6 Å². The fraction of sp³-hybridized carbons (Fsp3) is 0.467. The van der Waals surface area contributed by atoms with E-state index in [0.717, 1.165) is 0 Å². The number of carboxylic acid groups (broad SMARTS) is 1. The number of hydrogen-bond acceptors (Lipinski definition) is 4. The van der Waals surface area contributed by atoms with Crippen LogP contribution in [0.2, 0.25) is 0 Å². The summed E-state index contributed by atoms with van der Waals surface area (Å²) in [5.74, 6) is -0.214. The van der Waals surface area contributed by atoms with Crippen LogP contribution in [-0.4, -0.2) is 24.8 Å². The van der Waals surface area contributed by atoms with Gasteiger partial charge in [0.2, 0.25) is 0 Å². The summed E-state index contributed by atoms with van der Waals surface area (Å²) in [6.45, 7) is 4.08. The summed E-state index contributed by atoms with van der Waals surface area (Å²) in [5, 5.41) is 18.0. The summed E-state index contributed by atoms with van der Waals surface area (Å²) in [6, 6.07) is 6.81. The maximum Gasteiger partial charge on any atom is 0.339 e. The highest BCUT2D eigenvalue weighted by Crippen LogP contribution is 2.26. The summed E-state index contributed by atoms with van der Waals surface area (Å²) >= 11 is 0. The molecule has 5 heteroatoms. The molecule has 108 valence electrons. The third-order valence-electron chi connectivity index (χ3n) is 2.93. The first-order chi connectivity index (χ1) is 9.39. The fourth-order valence-electron chi connectivity index (χ4n) is 1.68. The van der Waals surface area contributed by atoms with E-state index < -0.39 is 11.4 Å². The number of nitrogens with zero attached hydrogens (tertiary/aromatic N) is 1. The van der Waals surface area contributed by atoms with E-state index in [1.807, 2.05) is 13.8 Å². The van der Waals surface area contributed by atoms with E-state index in [1.54, 1.807) is 12.1 Å². The summed E-state index contributed by atoms with van der Waals surface area (Å²) in [4.78, 5) is 11.1. The lowest BCUT2D eigenvalue weighted by atomic mass is 9.90. The van der Waals surface area contributed by atoms with E-state index in [-0.39, 0.29) is 11.3 Å². The third-order valence-corrected chi connectivity index (χ3v) is 2.93. The van der Waals surface area contributed by atoms with Crippen LogP contribution in [0.3, 0.4) is 0 Å². The molecule has 0 radical (unpaired) electrons. The van der Waals surface area contributed by atoms with Gasteiger partial charge in [-0.1, -0.05) is 0 Å². The molecule has 0 unspecified atom stereocenters. The van der Waals surface area contributed by atoms with Gasteiger partial charge in [0.05, 0.1) is 25.2 Å². The molecular weight excluding hydrogens is 258 g/mol. The van der Waals surface area contributed by atoms with E-state index >= 15 is 0 Å². The van der Waals surface area contributed by atoms with Crippen LogP contribution in [0.1, 0.15) is 37.0 Å². The van der Waals surface area contributed by atoms with Crippen molar-refractivity contribution in [2.24, 2.45) is 5.41 Å². The molecule has 0 aliphatic heterocycles. The van der Waals surface area contributed by atoms with Crippen molar-refractivity contribution in [1.29, 1.82) is 5.26 Å². The number of carbonyl (C=O) groups is 1. The molecule has 0 aromatic heterocycles. The van der Waals surface area contributed by atoms with Crippen LogP contribution < -0.4 is 9.47 Å². The lowest BCUT2D eigenvalue weighted by molar-refractivity contribution is 0.0692. The number of hydrogen-bond donors (Lipinski definition) is 1. The van der Waals surface area contributed by atoms with Crippen molar-refractivity contribution in [1.82, 2.24) is 0 Å². The zero-order valence-electron chi connectivity index (χ0n) is 12.0. The predicted octanol–water partition coefficient (Wildman–Crippen LogP) is 3.10. The van der Waals surface area contributed by atoms with Gasteiger partial charge >= 0.3 is 5.97 Å². The van der Waals surface area contributed by atoms with Crippen LogP contribution in [0.5, 0.6) is 11.5 Å². The Morgan fingerprint density at radius 3 is 2.70 bits per heavy atom. The average molecular weight is 277 g/mol. The Bertz CT molecular complexity index is 517. The minimum atomic E-state index is -1.04. The van der Waals surface area contributed by atoms with Crippen molar-refractivity contribution in [2.45, 2.75) is 26.7 Å². The summed E-state index contributed by atoms with van der Waals surface area (Å²) < 4.78 is 10.6. The quantitative estimate of drug-likeness (QED) is 0.775. The first-order valence-corrected chi connectivity index (χ1v) is 6.35. The van der Waals surface area contributed by atoms with E-state index in [0.29, 0.717) is 25.2 Å². The van der Waals surface area contributed by atoms with E-state index in [1.165, 1.54) is 13.2 Å². The van der Waals surface area contributed by atoms with Gasteiger partial charge in [0.15, 0.2) is 0 Å². The van der Waals surface area contributed by atoms with Crippen LogP contribution in [0.4, 0.5) is 0 Å². The normalized spacial score (nSPS) is 10.7. The Morgan fingerprint density at radius 1 is 1.45 bits per heavy atom. The van der Waals surface area contributed by atoms with Gasteiger partial charge in [0.25, 0.3) is 0 Å². The summed E-state index contributed by atoms with van der Waals surface area (Å²) in [5.41, 5.74) is -0.293.